The van der Waals surface area contributed by atoms with Crippen LogP contribution in [0.3, 0.4) is 0 Å². The Kier molecular flexibility index (Phi) is 13.3. The summed E-state index contributed by atoms with van der Waals surface area (Å²) >= 11 is 17.6. The predicted molar refractivity (Wildman–Crippen MR) is 159 cm³/mol. The maximum absolute atomic E-state index is 10.9. The smallest absolute Gasteiger partial charge is 0.221 e. The van der Waals surface area contributed by atoms with Crippen molar-refractivity contribution in [2.75, 3.05) is 16.4 Å². The number of nitrogens with zero attached hydrogens (tertiary/aromatic N) is 2. The van der Waals surface area contributed by atoms with Crippen LogP contribution in [-0.4, -0.2) is 11.8 Å². The molecule has 0 heterocycles. The minimum absolute atomic E-state index is 0.129. The highest BCUT2D eigenvalue weighted by molar-refractivity contribution is 6.34. The zero-order chi connectivity index (χ0) is 29.9. The third-order valence-electron chi connectivity index (χ3n) is 5.07. The maximum atomic E-state index is 10.9. The lowest BCUT2D eigenvalue weighted by molar-refractivity contribution is -0.115. The van der Waals surface area contributed by atoms with Gasteiger partial charge in [0, 0.05) is 20.4 Å². The van der Waals surface area contributed by atoms with E-state index in [4.69, 9.17) is 56.8 Å². The minimum atomic E-state index is -0.181. The average Bonchev–Trinajstić information content (AvgIpc) is 2.86. The molecule has 2 amide bonds. The fourth-order valence-corrected chi connectivity index (χ4v) is 4.15. The number of nitrogens with one attached hydrogen (secondary N) is 2. The molecule has 0 saturated heterocycles. The van der Waals surface area contributed by atoms with E-state index in [1.54, 1.807) is 31.2 Å². The molecule has 0 aliphatic rings. The van der Waals surface area contributed by atoms with Gasteiger partial charge in [0.25, 0.3) is 0 Å². The Morgan fingerprint density at radius 1 is 0.744 bits per heavy atom. The molecule has 6 N–H and O–H groups in total. The van der Waals surface area contributed by atoms with Crippen molar-refractivity contribution >= 4 is 63.7 Å². The van der Waals surface area contributed by atoms with E-state index in [1.807, 2.05) is 32.1 Å². The predicted octanol–water partition coefficient (Wildman–Crippen LogP) is 6.65. The van der Waals surface area contributed by atoms with E-state index in [9.17, 15) is 9.59 Å². The first-order valence-electron chi connectivity index (χ1n) is 11.4. The molecule has 0 aliphatic carbocycles. The number of halogens is 3. The monoisotopic (exact) mass is 586 g/mol. The van der Waals surface area contributed by atoms with Gasteiger partial charge in [-0.25, -0.2) is 0 Å². The van der Waals surface area contributed by atoms with Gasteiger partial charge in [-0.1, -0.05) is 40.9 Å². The molecular weight excluding hydrogens is 559 g/mol. The van der Waals surface area contributed by atoms with Crippen LogP contribution >= 0.6 is 34.8 Å². The van der Waals surface area contributed by atoms with E-state index >= 15 is 0 Å². The van der Waals surface area contributed by atoms with E-state index in [0.29, 0.717) is 49.8 Å². The molecule has 0 unspecified atom stereocenters. The molecule has 0 bridgehead atoms. The first kappa shape index (κ1) is 33.2. The van der Waals surface area contributed by atoms with Crippen molar-refractivity contribution in [3.05, 3.63) is 84.8 Å². The summed E-state index contributed by atoms with van der Waals surface area (Å²) in [6, 6.07) is 14.1. The lowest BCUT2D eigenvalue weighted by atomic mass is 10.1. The number of aryl methyl sites for hydroxylation is 3. The molecule has 3 aromatic carbocycles. The van der Waals surface area contributed by atoms with Crippen molar-refractivity contribution < 1.29 is 9.59 Å². The summed E-state index contributed by atoms with van der Waals surface area (Å²) in [5.41, 5.74) is 17.4. The molecule has 11 heteroatoms. The summed E-state index contributed by atoms with van der Waals surface area (Å²) in [5.74, 6) is -0.310. The molecule has 0 aliphatic heterocycles. The van der Waals surface area contributed by atoms with Gasteiger partial charge in [-0.2, -0.15) is 10.5 Å². The zero-order valence-corrected chi connectivity index (χ0v) is 24.4. The number of benzene rings is 3. The zero-order valence-electron chi connectivity index (χ0n) is 22.2. The summed E-state index contributed by atoms with van der Waals surface area (Å²) < 4.78 is 0. The lowest BCUT2D eigenvalue weighted by Crippen LogP contribution is -2.08. The summed E-state index contributed by atoms with van der Waals surface area (Å²) in [7, 11) is 0. The van der Waals surface area contributed by atoms with Gasteiger partial charge in [0.2, 0.25) is 11.8 Å². The standard InChI is InChI=1S/C10H13ClN2O.C10H9ClN2O.C8H7ClN2/c2*1-6-3-8(5-12)4-9(11)10(6)13-7(2)14;1-5-2-6(4-10)3-7(9)8(5)11/h3-4H,5,12H2,1-2H3,(H,13,14);3-4H,1-2H3,(H,13,14);2-3H,11H2,1H3. The molecular formula is C28H29Cl3N6O2. The largest absolute Gasteiger partial charge is 0.397 e. The number of amides is 2. The maximum Gasteiger partial charge on any atom is 0.221 e. The summed E-state index contributed by atoms with van der Waals surface area (Å²) in [5, 5.41) is 23.8. The summed E-state index contributed by atoms with van der Waals surface area (Å²) in [6.45, 7) is 8.80. The van der Waals surface area contributed by atoms with Crippen LogP contribution in [0.15, 0.2) is 36.4 Å². The van der Waals surface area contributed by atoms with Crippen molar-refractivity contribution in [1.29, 1.82) is 10.5 Å². The van der Waals surface area contributed by atoms with E-state index in [0.717, 1.165) is 22.3 Å². The average molecular weight is 588 g/mol. The number of carbonyl (C=O) groups excluding carboxylic acids is 2. The van der Waals surface area contributed by atoms with Gasteiger partial charge in [-0.05, 0) is 73.4 Å². The van der Waals surface area contributed by atoms with Crippen molar-refractivity contribution in [3.63, 3.8) is 0 Å². The molecule has 204 valence electrons. The van der Waals surface area contributed by atoms with Crippen LogP contribution in [0.25, 0.3) is 0 Å². The van der Waals surface area contributed by atoms with Crippen molar-refractivity contribution in [2.45, 2.75) is 41.2 Å². The number of nitrogen functional groups attached to an aromatic ring is 1. The highest BCUT2D eigenvalue weighted by Crippen LogP contribution is 2.28. The van der Waals surface area contributed by atoms with Crippen LogP contribution in [0.1, 0.15) is 47.2 Å². The van der Waals surface area contributed by atoms with Gasteiger partial charge >= 0.3 is 0 Å². The molecule has 0 fully saturated rings. The summed E-state index contributed by atoms with van der Waals surface area (Å²) in [4.78, 5) is 21.7. The Morgan fingerprint density at radius 2 is 1.15 bits per heavy atom. The van der Waals surface area contributed by atoms with Crippen LogP contribution in [0.4, 0.5) is 17.1 Å². The molecule has 0 atom stereocenters. The van der Waals surface area contributed by atoms with E-state index < -0.39 is 0 Å². The first-order chi connectivity index (χ1) is 18.2. The molecule has 3 aromatic rings. The Bertz CT molecular complexity index is 1390. The number of nitrogens with two attached hydrogens (primary N) is 2. The number of nitriles is 2. The second-order valence-corrected chi connectivity index (χ2v) is 9.62. The molecule has 0 radical (unpaired) electrons. The Hall–Kier alpha value is -3.79. The third-order valence-corrected chi connectivity index (χ3v) is 5.98. The van der Waals surface area contributed by atoms with Crippen LogP contribution in [0.2, 0.25) is 15.1 Å². The minimum Gasteiger partial charge on any atom is -0.397 e. The van der Waals surface area contributed by atoms with Crippen molar-refractivity contribution in [3.8, 4) is 12.1 Å². The topological polar surface area (TPSA) is 158 Å². The summed E-state index contributed by atoms with van der Waals surface area (Å²) in [6.07, 6.45) is 0. The van der Waals surface area contributed by atoms with E-state index in [-0.39, 0.29) is 11.8 Å². The molecule has 8 nitrogen and oxygen atoms in total. The van der Waals surface area contributed by atoms with Crippen LogP contribution in [-0.2, 0) is 16.1 Å². The van der Waals surface area contributed by atoms with E-state index in [2.05, 4.69) is 10.6 Å². The van der Waals surface area contributed by atoms with E-state index in [1.165, 1.54) is 19.9 Å². The Labute approximate surface area is 243 Å². The van der Waals surface area contributed by atoms with Crippen LogP contribution in [0, 0.1) is 43.4 Å². The Morgan fingerprint density at radius 3 is 1.51 bits per heavy atom. The fraction of sp³-hybridized carbons (Fsp3) is 0.214. The molecule has 0 spiro atoms. The van der Waals surface area contributed by atoms with Gasteiger partial charge in [-0.3, -0.25) is 9.59 Å². The molecule has 39 heavy (non-hydrogen) atoms. The van der Waals surface area contributed by atoms with Crippen molar-refractivity contribution in [1.82, 2.24) is 0 Å². The lowest BCUT2D eigenvalue weighted by Gasteiger charge is -2.10. The number of anilines is 3. The second kappa shape index (κ2) is 15.6. The number of hydrogen-bond acceptors (Lipinski definition) is 6. The molecule has 0 saturated carbocycles. The normalized spacial score (nSPS) is 9.51. The molecule has 0 aromatic heterocycles. The van der Waals surface area contributed by atoms with Crippen molar-refractivity contribution in [2.24, 2.45) is 5.73 Å². The Balaban J connectivity index is 0.000000295. The number of carbonyl (C=O) groups is 2. The van der Waals surface area contributed by atoms with Crippen LogP contribution in [0.5, 0.6) is 0 Å². The van der Waals surface area contributed by atoms with Gasteiger partial charge in [0.05, 0.1) is 55.4 Å². The number of rotatable bonds is 3. The molecule has 3 rings (SSSR count). The second-order valence-electron chi connectivity index (χ2n) is 8.40. The fourth-order valence-electron chi connectivity index (χ4n) is 3.23. The van der Waals surface area contributed by atoms with Gasteiger partial charge in [0.15, 0.2) is 0 Å². The van der Waals surface area contributed by atoms with Crippen LogP contribution < -0.4 is 22.1 Å². The SMILES string of the molecule is CC(=O)Nc1c(C)cc(C#N)cc1Cl.CC(=O)Nc1c(C)cc(CN)cc1Cl.Cc1cc(C#N)cc(Cl)c1N. The van der Waals surface area contributed by atoms with Gasteiger partial charge in [0.1, 0.15) is 0 Å². The first-order valence-corrected chi connectivity index (χ1v) is 12.6. The highest BCUT2D eigenvalue weighted by atomic mass is 35.5. The number of hydrogen-bond donors (Lipinski definition) is 4. The van der Waals surface area contributed by atoms with Gasteiger partial charge < -0.3 is 22.1 Å². The van der Waals surface area contributed by atoms with Gasteiger partial charge in [-0.15, -0.1) is 0 Å². The highest BCUT2D eigenvalue weighted by Gasteiger charge is 2.08. The quantitative estimate of drug-likeness (QED) is 0.251. The third kappa shape index (κ3) is 10.5.